The predicted octanol–water partition coefficient (Wildman–Crippen LogP) is 1.54. The summed E-state index contributed by atoms with van der Waals surface area (Å²) in [4.78, 5) is 11.4. The highest BCUT2D eigenvalue weighted by molar-refractivity contribution is 5.72. The molecule has 0 saturated carbocycles. The molecule has 1 rings (SSSR count). The SMILES string of the molecule is CC(Cc1cccc(F)c1)C(=O)OCCO. The summed E-state index contributed by atoms with van der Waals surface area (Å²) >= 11 is 0. The van der Waals surface area contributed by atoms with Crippen molar-refractivity contribution in [3.05, 3.63) is 35.6 Å². The number of hydrogen-bond donors (Lipinski definition) is 1. The fourth-order valence-electron chi connectivity index (χ4n) is 1.39. The quantitative estimate of drug-likeness (QED) is 0.775. The van der Waals surface area contributed by atoms with E-state index in [1.807, 2.05) is 0 Å². The summed E-state index contributed by atoms with van der Waals surface area (Å²) < 4.78 is 17.6. The molecule has 0 aliphatic rings. The molecule has 88 valence electrons. The molecular weight excluding hydrogens is 211 g/mol. The average molecular weight is 226 g/mol. The van der Waals surface area contributed by atoms with Crippen molar-refractivity contribution in [2.45, 2.75) is 13.3 Å². The van der Waals surface area contributed by atoms with Crippen LogP contribution in [0.25, 0.3) is 0 Å². The van der Waals surface area contributed by atoms with Gasteiger partial charge in [0.1, 0.15) is 12.4 Å². The van der Waals surface area contributed by atoms with Crippen LogP contribution in [-0.2, 0) is 16.0 Å². The summed E-state index contributed by atoms with van der Waals surface area (Å²) in [5, 5.41) is 8.50. The Morgan fingerprint density at radius 2 is 2.31 bits per heavy atom. The third kappa shape index (κ3) is 3.98. The van der Waals surface area contributed by atoms with E-state index in [9.17, 15) is 9.18 Å². The fourth-order valence-corrected chi connectivity index (χ4v) is 1.39. The van der Waals surface area contributed by atoms with Crippen LogP contribution in [0.5, 0.6) is 0 Å². The zero-order valence-corrected chi connectivity index (χ0v) is 9.15. The minimum Gasteiger partial charge on any atom is -0.463 e. The van der Waals surface area contributed by atoms with Crippen LogP contribution < -0.4 is 0 Å². The summed E-state index contributed by atoms with van der Waals surface area (Å²) in [5.41, 5.74) is 0.758. The smallest absolute Gasteiger partial charge is 0.309 e. The van der Waals surface area contributed by atoms with Crippen LogP contribution in [0.1, 0.15) is 12.5 Å². The lowest BCUT2D eigenvalue weighted by molar-refractivity contribution is -0.148. The second-order valence-electron chi connectivity index (χ2n) is 3.63. The van der Waals surface area contributed by atoms with Crippen LogP contribution in [0.3, 0.4) is 0 Å². The third-order valence-corrected chi connectivity index (χ3v) is 2.17. The molecule has 0 aromatic heterocycles. The Labute approximate surface area is 93.9 Å². The van der Waals surface area contributed by atoms with E-state index < -0.39 is 0 Å². The molecule has 0 amide bonds. The molecule has 4 heteroatoms. The fraction of sp³-hybridized carbons (Fsp3) is 0.417. The van der Waals surface area contributed by atoms with E-state index in [0.717, 1.165) is 5.56 Å². The Bertz CT molecular complexity index is 352. The minimum absolute atomic E-state index is 0.00627. The zero-order valence-electron chi connectivity index (χ0n) is 9.15. The highest BCUT2D eigenvalue weighted by Crippen LogP contribution is 2.11. The van der Waals surface area contributed by atoms with Crippen molar-refractivity contribution in [2.75, 3.05) is 13.2 Å². The average Bonchev–Trinajstić information content (AvgIpc) is 2.25. The van der Waals surface area contributed by atoms with Gasteiger partial charge < -0.3 is 9.84 Å². The second kappa shape index (κ2) is 6.23. The van der Waals surface area contributed by atoms with Gasteiger partial charge in [-0.05, 0) is 24.1 Å². The number of carbonyl (C=O) groups is 1. The summed E-state index contributed by atoms with van der Waals surface area (Å²) in [6, 6.07) is 6.13. The monoisotopic (exact) mass is 226 g/mol. The van der Waals surface area contributed by atoms with Crippen molar-refractivity contribution in [3.63, 3.8) is 0 Å². The normalized spacial score (nSPS) is 12.2. The van der Waals surface area contributed by atoms with Crippen molar-refractivity contribution in [1.82, 2.24) is 0 Å². The molecule has 1 aromatic rings. The number of carbonyl (C=O) groups excluding carboxylic acids is 1. The molecule has 1 N–H and O–H groups in total. The lowest BCUT2D eigenvalue weighted by Gasteiger charge is -2.10. The van der Waals surface area contributed by atoms with Gasteiger partial charge in [0.05, 0.1) is 12.5 Å². The topological polar surface area (TPSA) is 46.5 Å². The van der Waals surface area contributed by atoms with Crippen LogP contribution in [-0.4, -0.2) is 24.3 Å². The molecule has 1 atom stereocenters. The molecule has 0 aliphatic heterocycles. The molecule has 16 heavy (non-hydrogen) atoms. The molecule has 1 aromatic carbocycles. The Kier molecular flexibility index (Phi) is 4.92. The first-order valence-electron chi connectivity index (χ1n) is 5.15. The lowest BCUT2D eigenvalue weighted by Crippen LogP contribution is -2.18. The van der Waals surface area contributed by atoms with Gasteiger partial charge in [-0.2, -0.15) is 0 Å². The van der Waals surface area contributed by atoms with E-state index in [4.69, 9.17) is 9.84 Å². The first kappa shape index (κ1) is 12.6. The first-order valence-corrected chi connectivity index (χ1v) is 5.15. The first-order chi connectivity index (χ1) is 7.63. The highest BCUT2D eigenvalue weighted by atomic mass is 19.1. The standard InChI is InChI=1S/C12H15FO3/c1-9(12(15)16-6-5-14)7-10-3-2-4-11(13)8-10/h2-4,8-9,14H,5-7H2,1H3. The van der Waals surface area contributed by atoms with Crippen LogP contribution >= 0.6 is 0 Å². The van der Waals surface area contributed by atoms with E-state index in [1.165, 1.54) is 12.1 Å². The van der Waals surface area contributed by atoms with Gasteiger partial charge in [-0.3, -0.25) is 4.79 Å². The molecule has 0 spiro atoms. The van der Waals surface area contributed by atoms with Gasteiger partial charge in [-0.25, -0.2) is 4.39 Å². The molecule has 1 unspecified atom stereocenters. The number of ether oxygens (including phenoxy) is 1. The van der Waals surface area contributed by atoms with Crippen molar-refractivity contribution < 1.29 is 19.0 Å². The Morgan fingerprint density at radius 1 is 1.56 bits per heavy atom. The Balaban J connectivity index is 2.50. The van der Waals surface area contributed by atoms with Gasteiger partial charge in [0.25, 0.3) is 0 Å². The van der Waals surface area contributed by atoms with E-state index in [0.29, 0.717) is 6.42 Å². The highest BCUT2D eigenvalue weighted by Gasteiger charge is 2.14. The van der Waals surface area contributed by atoms with Crippen LogP contribution in [0.15, 0.2) is 24.3 Å². The van der Waals surface area contributed by atoms with E-state index in [1.54, 1.807) is 19.1 Å². The van der Waals surface area contributed by atoms with Gasteiger partial charge >= 0.3 is 5.97 Å². The molecule has 3 nitrogen and oxygen atoms in total. The second-order valence-corrected chi connectivity index (χ2v) is 3.63. The summed E-state index contributed by atoms with van der Waals surface area (Å²) in [6.45, 7) is 1.54. The number of hydrogen-bond acceptors (Lipinski definition) is 3. The maximum Gasteiger partial charge on any atom is 0.309 e. The summed E-state index contributed by atoms with van der Waals surface area (Å²) in [7, 11) is 0. The maximum atomic E-state index is 12.9. The zero-order chi connectivity index (χ0) is 12.0. The minimum atomic E-state index is -0.377. The van der Waals surface area contributed by atoms with Crippen molar-refractivity contribution in [1.29, 1.82) is 0 Å². The lowest BCUT2D eigenvalue weighted by atomic mass is 10.0. The molecular formula is C12H15FO3. The van der Waals surface area contributed by atoms with Gasteiger partial charge in [0.15, 0.2) is 0 Å². The van der Waals surface area contributed by atoms with E-state index in [-0.39, 0.29) is 30.9 Å². The van der Waals surface area contributed by atoms with Crippen molar-refractivity contribution in [2.24, 2.45) is 5.92 Å². The van der Waals surface area contributed by atoms with Gasteiger partial charge in [-0.1, -0.05) is 19.1 Å². The predicted molar refractivity (Wildman–Crippen MR) is 57.3 cm³/mol. The third-order valence-electron chi connectivity index (χ3n) is 2.17. The van der Waals surface area contributed by atoms with Crippen LogP contribution in [0.4, 0.5) is 4.39 Å². The van der Waals surface area contributed by atoms with Gasteiger partial charge in [0.2, 0.25) is 0 Å². The molecule has 0 aliphatic carbocycles. The van der Waals surface area contributed by atoms with Gasteiger partial charge in [0, 0.05) is 0 Å². The van der Waals surface area contributed by atoms with Crippen LogP contribution in [0.2, 0.25) is 0 Å². The molecule has 0 bridgehead atoms. The maximum absolute atomic E-state index is 12.9. The van der Waals surface area contributed by atoms with Crippen molar-refractivity contribution >= 4 is 5.97 Å². The number of aliphatic hydroxyl groups is 1. The van der Waals surface area contributed by atoms with Crippen molar-refractivity contribution in [3.8, 4) is 0 Å². The summed E-state index contributed by atoms with van der Waals surface area (Å²) in [5.74, 6) is -1.03. The summed E-state index contributed by atoms with van der Waals surface area (Å²) in [6.07, 6.45) is 0.433. The van der Waals surface area contributed by atoms with E-state index >= 15 is 0 Å². The molecule has 0 fully saturated rings. The number of aliphatic hydroxyl groups excluding tert-OH is 1. The number of benzene rings is 1. The molecule has 0 heterocycles. The number of halogens is 1. The van der Waals surface area contributed by atoms with Crippen LogP contribution in [0, 0.1) is 11.7 Å². The van der Waals surface area contributed by atoms with E-state index in [2.05, 4.69) is 0 Å². The Hall–Kier alpha value is -1.42. The molecule has 0 radical (unpaired) electrons. The van der Waals surface area contributed by atoms with Gasteiger partial charge in [-0.15, -0.1) is 0 Å². The largest absolute Gasteiger partial charge is 0.463 e. The number of rotatable bonds is 5. The molecule has 0 saturated heterocycles. The number of esters is 1. The Morgan fingerprint density at radius 3 is 2.94 bits per heavy atom.